The summed E-state index contributed by atoms with van der Waals surface area (Å²) < 4.78 is 0. The Labute approximate surface area is 126 Å². The van der Waals surface area contributed by atoms with Crippen molar-refractivity contribution in [1.29, 1.82) is 0 Å². The minimum absolute atomic E-state index is 0.310. The van der Waals surface area contributed by atoms with Crippen molar-refractivity contribution in [3.8, 4) is 0 Å². The summed E-state index contributed by atoms with van der Waals surface area (Å²) >= 11 is 0. The molecule has 2 N–H and O–H groups in total. The van der Waals surface area contributed by atoms with Gasteiger partial charge < -0.3 is 15.3 Å². The van der Waals surface area contributed by atoms with Crippen LogP contribution in [-0.4, -0.2) is 48.8 Å². The molecule has 1 fully saturated rings. The van der Waals surface area contributed by atoms with E-state index in [-0.39, 0.29) is 0 Å². The Hall–Kier alpha value is -0.120. The Morgan fingerprint density at radius 2 is 2.05 bits per heavy atom. The van der Waals surface area contributed by atoms with Crippen LogP contribution in [0.3, 0.4) is 0 Å². The summed E-state index contributed by atoms with van der Waals surface area (Å²) in [5.74, 6) is 0.754. The molecule has 20 heavy (non-hydrogen) atoms. The SMILES string of the molecule is CCCNC1CCC(C)(C)CC1CN(CC)CCCO. The van der Waals surface area contributed by atoms with Crippen molar-refractivity contribution in [2.45, 2.75) is 65.8 Å². The quantitative estimate of drug-likeness (QED) is 0.683. The predicted molar refractivity (Wildman–Crippen MR) is 87.0 cm³/mol. The van der Waals surface area contributed by atoms with Crippen LogP contribution in [0, 0.1) is 11.3 Å². The second-order valence-corrected chi connectivity index (χ2v) is 7.20. The molecule has 3 heteroatoms. The largest absolute Gasteiger partial charge is 0.396 e. The molecule has 0 saturated heterocycles. The zero-order chi connectivity index (χ0) is 15.0. The van der Waals surface area contributed by atoms with Crippen molar-refractivity contribution in [3.63, 3.8) is 0 Å². The van der Waals surface area contributed by atoms with Gasteiger partial charge in [0.15, 0.2) is 0 Å². The lowest BCUT2D eigenvalue weighted by molar-refractivity contribution is 0.0986. The molecule has 3 nitrogen and oxygen atoms in total. The summed E-state index contributed by atoms with van der Waals surface area (Å²) in [4.78, 5) is 2.52. The summed E-state index contributed by atoms with van der Waals surface area (Å²) in [6, 6.07) is 0.686. The smallest absolute Gasteiger partial charge is 0.0443 e. The number of aliphatic hydroxyl groups is 1. The van der Waals surface area contributed by atoms with Gasteiger partial charge in [-0.2, -0.15) is 0 Å². The fourth-order valence-corrected chi connectivity index (χ4v) is 3.53. The van der Waals surface area contributed by atoms with E-state index in [0.717, 1.165) is 32.0 Å². The highest BCUT2D eigenvalue weighted by Crippen LogP contribution is 2.39. The lowest BCUT2D eigenvalue weighted by Gasteiger charge is -2.43. The first-order valence-corrected chi connectivity index (χ1v) is 8.59. The van der Waals surface area contributed by atoms with Crippen LogP contribution in [0.2, 0.25) is 0 Å². The molecule has 1 saturated carbocycles. The molecule has 0 bridgehead atoms. The number of nitrogens with one attached hydrogen (secondary N) is 1. The third-order valence-corrected chi connectivity index (χ3v) is 4.74. The second kappa shape index (κ2) is 9.01. The Morgan fingerprint density at radius 3 is 2.65 bits per heavy atom. The van der Waals surface area contributed by atoms with Gasteiger partial charge in [0.2, 0.25) is 0 Å². The van der Waals surface area contributed by atoms with Gasteiger partial charge in [-0.1, -0.05) is 27.7 Å². The highest BCUT2D eigenvalue weighted by atomic mass is 16.3. The van der Waals surface area contributed by atoms with Gasteiger partial charge in [-0.3, -0.25) is 0 Å². The van der Waals surface area contributed by atoms with Crippen molar-refractivity contribution in [1.82, 2.24) is 10.2 Å². The van der Waals surface area contributed by atoms with Crippen LogP contribution < -0.4 is 5.32 Å². The van der Waals surface area contributed by atoms with Crippen LogP contribution in [0.15, 0.2) is 0 Å². The number of hydrogen-bond donors (Lipinski definition) is 2. The van der Waals surface area contributed by atoms with E-state index in [2.05, 4.69) is 37.9 Å². The summed E-state index contributed by atoms with van der Waals surface area (Å²) in [7, 11) is 0. The highest BCUT2D eigenvalue weighted by molar-refractivity contribution is 4.90. The maximum absolute atomic E-state index is 9.03. The maximum Gasteiger partial charge on any atom is 0.0443 e. The summed E-state index contributed by atoms with van der Waals surface area (Å²) in [6.07, 6.45) is 6.10. The second-order valence-electron chi connectivity index (χ2n) is 7.20. The highest BCUT2D eigenvalue weighted by Gasteiger charge is 2.35. The normalized spacial score (nSPS) is 26.1. The van der Waals surface area contributed by atoms with Gasteiger partial charge in [-0.15, -0.1) is 0 Å². The standard InChI is InChI=1S/C17H36N2O/c1-5-10-18-16-8-9-17(3,4)13-15(16)14-19(6-2)11-7-12-20/h15-16,18,20H,5-14H2,1-4H3. The Bertz CT molecular complexity index is 255. The van der Waals surface area contributed by atoms with Crippen molar-refractivity contribution in [2.24, 2.45) is 11.3 Å². The van der Waals surface area contributed by atoms with Crippen molar-refractivity contribution in [3.05, 3.63) is 0 Å². The molecule has 1 aliphatic carbocycles. The Balaban J connectivity index is 2.57. The van der Waals surface area contributed by atoms with Crippen molar-refractivity contribution < 1.29 is 5.11 Å². The molecule has 0 radical (unpaired) electrons. The molecule has 0 spiro atoms. The molecule has 0 amide bonds. The molecule has 0 aliphatic heterocycles. The molecule has 2 unspecified atom stereocenters. The fraction of sp³-hybridized carbons (Fsp3) is 1.00. The van der Waals surface area contributed by atoms with E-state index in [4.69, 9.17) is 5.11 Å². The molecular formula is C17H36N2O. The van der Waals surface area contributed by atoms with E-state index in [1.807, 2.05) is 0 Å². The number of hydrogen-bond acceptors (Lipinski definition) is 3. The summed E-state index contributed by atoms with van der Waals surface area (Å²) in [5.41, 5.74) is 0.492. The van der Waals surface area contributed by atoms with Crippen LogP contribution in [0.5, 0.6) is 0 Å². The molecule has 1 aliphatic rings. The van der Waals surface area contributed by atoms with Gasteiger partial charge in [0, 0.05) is 25.7 Å². The minimum atomic E-state index is 0.310. The van der Waals surface area contributed by atoms with Crippen molar-refractivity contribution in [2.75, 3.05) is 32.8 Å². The average molecular weight is 284 g/mol. The number of nitrogens with zero attached hydrogens (tertiary/aromatic N) is 1. The van der Waals surface area contributed by atoms with Crippen LogP contribution in [0.4, 0.5) is 0 Å². The Kier molecular flexibility index (Phi) is 8.08. The third-order valence-electron chi connectivity index (χ3n) is 4.74. The van der Waals surface area contributed by atoms with E-state index in [1.165, 1.54) is 32.2 Å². The third kappa shape index (κ3) is 6.11. The van der Waals surface area contributed by atoms with Gasteiger partial charge in [-0.05, 0) is 56.5 Å². The van der Waals surface area contributed by atoms with Gasteiger partial charge in [0.25, 0.3) is 0 Å². The van der Waals surface area contributed by atoms with Crippen molar-refractivity contribution >= 4 is 0 Å². The summed E-state index contributed by atoms with van der Waals surface area (Å²) in [5, 5.41) is 12.8. The van der Waals surface area contributed by atoms with E-state index in [9.17, 15) is 0 Å². The average Bonchev–Trinajstić information content (AvgIpc) is 2.41. The van der Waals surface area contributed by atoms with Gasteiger partial charge in [0.05, 0.1) is 0 Å². The summed E-state index contributed by atoms with van der Waals surface area (Å²) in [6.45, 7) is 14.1. The first kappa shape index (κ1) is 17.9. The fourth-order valence-electron chi connectivity index (χ4n) is 3.53. The number of rotatable bonds is 9. The van der Waals surface area contributed by atoms with Crippen LogP contribution in [-0.2, 0) is 0 Å². The van der Waals surface area contributed by atoms with Gasteiger partial charge in [0.1, 0.15) is 0 Å². The first-order chi connectivity index (χ1) is 9.52. The van der Waals surface area contributed by atoms with E-state index in [0.29, 0.717) is 18.1 Å². The van der Waals surface area contributed by atoms with E-state index in [1.54, 1.807) is 0 Å². The molecule has 0 aromatic heterocycles. The molecule has 1 rings (SSSR count). The lowest BCUT2D eigenvalue weighted by Crippen LogP contribution is -2.48. The van der Waals surface area contributed by atoms with Gasteiger partial charge >= 0.3 is 0 Å². The lowest BCUT2D eigenvalue weighted by atomic mass is 9.69. The monoisotopic (exact) mass is 284 g/mol. The zero-order valence-corrected chi connectivity index (χ0v) is 14.1. The molecule has 0 aromatic rings. The zero-order valence-electron chi connectivity index (χ0n) is 14.1. The van der Waals surface area contributed by atoms with Crippen LogP contribution >= 0.6 is 0 Å². The Morgan fingerprint density at radius 1 is 1.30 bits per heavy atom. The molecular weight excluding hydrogens is 248 g/mol. The molecule has 2 atom stereocenters. The maximum atomic E-state index is 9.03. The van der Waals surface area contributed by atoms with E-state index < -0.39 is 0 Å². The van der Waals surface area contributed by atoms with Crippen LogP contribution in [0.25, 0.3) is 0 Å². The van der Waals surface area contributed by atoms with E-state index >= 15 is 0 Å². The first-order valence-electron chi connectivity index (χ1n) is 8.59. The predicted octanol–water partition coefficient (Wildman–Crippen LogP) is 2.89. The topological polar surface area (TPSA) is 35.5 Å². The molecule has 0 heterocycles. The number of aliphatic hydroxyl groups excluding tert-OH is 1. The molecule has 0 aromatic carbocycles. The van der Waals surface area contributed by atoms with Crippen LogP contribution in [0.1, 0.15) is 59.8 Å². The molecule has 120 valence electrons. The van der Waals surface area contributed by atoms with Gasteiger partial charge in [-0.25, -0.2) is 0 Å². The minimum Gasteiger partial charge on any atom is -0.396 e.